The number of rotatable bonds is 8. The van der Waals surface area contributed by atoms with Gasteiger partial charge < -0.3 is 15.2 Å². The summed E-state index contributed by atoms with van der Waals surface area (Å²) in [5, 5.41) is 10.5. The Bertz CT molecular complexity index is 868. The number of alkyl halides is 3. The van der Waals surface area contributed by atoms with Gasteiger partial charge in [-0.15, -0.1) is 0 Å². The molecule has 5 nitrogen and oxygen atoms in total. The molecule has 2 aromatic carbocycles. The average Bonchev–Trinajstić information content (AvgIpc) is 3.01. The van der Waals surface area contributed by atoms with Gasteiger partial charge in [0.2, 0.25) is 0 Å². The van der Waals surface area contributed by atoms with Crippen LogP contribution in [-0.2, 0) is 9.53 Å². The van der Waals surface area contributed by atoms with Crippen LogP contribution in [0.4, 0.5) is 18.0 Å². The Balaban J connectivity index is 1.61. The highest BCUT2D eigenvalue weighted by Crippen LogP contribution is 2.44. The number of nitrogens with one attached hydrogen (secondary N) is 1. The van der Waals surface area contributed by atoms with Gasteiger partial charge in [0.15, 0.2) is 0 Å². The number of amides is 1. The number of carbonyl (C=O) groups excluding carboxylic acids is 1. The lowest BCUT2D eigenvalue weighted by Gasteiger charge is -2.22. The molecular formula is C22H22F3NO4. The minimum Gasteiger partial charge on any atom is -0.481 e. The van der Waals surface area contributed by atoms with Crippen LogP contribution in [-0.4, -0.2) is 36.0 Å². The SMILES string of the molecule is O=C(O)CCCCC(NC(=O)OCC1c2ccccc2-c2ccccc21)C(F)(F)F. The molecule has 0 spiro atoms. The molecule has 0 bridgehead atoms. The Hall–Kier alpha value is -3.03. The minimum atomic E-state index is -4.64. The lowest BCUT2D eigenvalue weighted by molar-refractivity contribution is -0.156. The Morgan fingerprint density at radius 3 is 2.10 bits per heavy atom. The number of halogens is 3. The van der Waals surface area contributed by atoms with Gasteiger partial charge in [-0.2, -0.15) is 13.2 Å². The van der Waals surface area contributed by atoms with E-state index in [1.165, 1.54) is 0 Å². The molecule has 0 heterocycles. The maximum absolute atomic E-state index is 13.2. The molecule has 1 aliphatic rings. The van der Waals surface area contributed by atoms with E-state index in [1.807, 2.05) is 53.8 Å². The fraction of sp³-hybridized carbons (Fsp3) is 0.364. The normalized spacial score (nSPS) is 14.0. The first-order valence-electron chi connectivity index (χ1n) is 9.67. The van der Waals surface area contributed by atoms with Crippen LogP contribution in [0, 0.1) is 0 Å². The molecule has 2 N–H and O–H groups in total. The summed E-state index contributed by atoms with van der Waals surface area (Å²) in [4.78, 5) is 22.6. The number of aliphatic carboxylic acids is 1. The van der Waals surface area contributed by atoms with Gasteiger partial charge in [0.1, 0.15) is 12.6 Å². The largest absolute Gasteiger partial charge is 0.481 e. The van der Waals surface area contributed by atoms with Crippen LogP contribution >= 0.6 is 0 Å². The first-order chi connectivity index (χ1) is 14.3. The molecule has 30 heavy (non-hydrogen) atoms. The van der Waals surface area contributed by atoms with Crippen molar-refractivity contribution in [3.63, 3.8) is 0 Å². The van der Waals surface area contributed by atoms with Crippen LogP contribution in [0.25, 0.3) is 11.1 Å². The predicted octanol–water partition coefficient (Wildman–Crippen LogP) is 5.10. The van der Waals surface area contributed by atoms with Crippen LogP contribution in [0.1, 0.15) is 42.7 Å². The molecule has 1 atom stereocenters. The Morgan fingerprint density at radius 1 is 1.00 bits per heavy atom. The number of unbranched alkanes of at least 4 members (excludes halogenated alkanes) is 1. The van der Waals surface area contributed by atoms with Crippen molar-refractivity contribution in [2.45, 2.75) is 43.8 Å². The number of hydrogen-bond acceptors (Lipinski definition) is 3. The number of carbonyl (C=O) groups is 2. The van der Waals surface area contributed by atoms with E-state index in [4.69, 9.17) is 9.84 Å². The highest BCUT2D eigenvalue weighted by atomic mass is 19.4. The fourth-order valence-electron chi connectivity index (χ4n) is 3.72. The van der Waals surface area contributed by atoms with E-state index in [2.05, 4.69) is 0 Å². The molecule has 160 valence electrons. The smallest absolute Gasteiger partial charge is 0.408 e. The highest BCUT2D eigenvalue weighted by Gasteiger charge is 2.40. The summed E-state index contributed by atoms with van der Waals surface area (Å²) in [7, 11) is 0. The van der Waals surface area contributed by atoms with Gasteiger partial charge in [0.05, 0.1) is 0 Å². The van der Waals surface area contributed by atoms with Crippen molar-refractivity contribution in [3.8, 4) is 11.1 Å². The van der Waals surface area contributed by atoms with Crippen LogP contribution < -0.4 is 5.32 Å². The van der Waals surface area contributed by atoms with Crippen molar-refractivity contribution in [2.75, 3.05) is 6.61 Å². The Labute approximate surface area is 171 Å². The van der Waals surface area contributed by atoms with Crippen molar-refractivity contribution in [3.05, 3.63) is 59.7 Å². The molecule has 0 radical (unpaired) electrons. The molecule has 0 saturated carbocycles. The summed E-state index contributed by atoms with van der Waals surface area (Å²) in [6.07, 6.45) is -6.27. The zero-order valence-electron chi connectivity index (χ0n) is 16.1. The van der Waals surface area contributed by atoms with Crippen LogP contribution in [0.5, 0.6) is 0 Å². The maximum atomic E-state index is 13.2. The summed E-state index contributed by atoms with van der Waals surface area (Å²) < 4.78 is 44.8. The second kappa shape index (κ2) is 9.19. The van der Waals surface area contributed by atoms with E-state index < -0.39 is 30.7 Å². The van der Waals surface area contributed by atoms with E-state index in [0.717, 1.165) is 22.3 Å². The second-order valence-electron chi connectivity index (χ2n) is 7.20. The standard InChI is InChI=1S/C22H22F3NO4/c23-22(24,25)19(11-5-6-12-20(27)28)26-21(29)30-13-18-16-9-3-1-7-14(16)15-8-2-4-10-17(15)18/h1-4,7-10,18-19H,5-6,11-13H2,(H,26,29)(H,27,28). The molecule has 1 aliphatic carbocycles. The number of benzene rings is 2. The van der Waals surface area contributed by atoms with Gasteiger partial charge in [-0.05, 0) is 35.1 Å². The van der Waals surface area contributed by atoms with Gasteiger partial charge >= 0.3 is 18.2 Å². The van der Waals surface area contributed by atoms with Crippen molar-refractivity contribution in [1.29, 1.82) is 0 Å². The monoisotopic (exact) mass is 421 g/mol. The first kappa shape index (κ1) is 21.7. The zero-order chi connectivity index (χ0) is 21.7. The maximum Gasteiger partial charge on any atom is 0.408 e. The van der Waals surface area contributed by atoms with Crippen LogP contribution in [0.2, 0.25) is 0 Å². The quantitative estimate of drug-likeness (QED) is 0.582. The number of alkyl carbamates (subject to hydrolysis) is 1. The zero-order valence-corrected chi connectivity index (χ0v) is 16.1. The average molecular weight is 421 g/mol. The number of carboxylic acid groups (broad SMARTS) is 1. The fourth-order valence-corrected chi connectivity index (χ4v) is 3.72. The first-order valence-corrected chi connectivity index (χ1v) is 9.67. The van der Waals surface area contributed by atoms with Crippen LogP contribution in [0.3, 0.4) is 0 Å². The summed E-state index contributed by atoms with van der Waals surface area (Å²) >= 11 is 0. The summed E-state index contributed by atoms with van der Waals surface area (Å²) in [6.45, 7) is -0.0799. The molecule has 0 fully saturated rings. The molecular weight excluding hydrogens is 399 g/mol. The van der Waals surface area contributed by atoms with Gasteiger partial charge in [0, 0.05) is 12.3 Å². The molecule has 0 aliphatic heterocycles. The lowest BCUT2D eigenvalue weighted by atomic mass is 9.98. The summed E-state index contributed by atoms with van der Waals surface area (Å²) in [5.41, 5.74) is 3.97. The van der Waals surface area contributed by atoms with Gasteiger partial charge in [-0.25, -0.2) is 4.79 Å². The topological polar surface area (TPSA) is 75.6 Å². The molecule has 0 aromatic heterocycles. The number of fused-ring (bicyclic) bond motifs is 3. The van der Waals surface area contributed by atoms with Crippen molar-refractivity contribution in [2.24, 2.45) is 0 Å². The number of carboxylic acids is 1. The van der Waals surface area contributed by atoms with Crippen LogP contribution in [0.15, 0.2) is 48.5 Å². The molecule has 2 aromatic rings. The summed E-state index contributed by atoms with van der Waals surface area (Å²) in [6, 6.07) is 13.2. The van der Waals surface area contributed by atoms with Gasteiger partial charge in [-0.3, -0.25) is 4.79 Å². The number of ether oxygens (including phenoxy) is 1. The lowest BCUT2D eigenvalue weighted by Crippen LogP contribution is -2.45. The third-order valence-electron chi connectivity index (χ3n) is 5.16. The van der Waals surface area contributed by atoms with Crippen molar-refractivity contribution in [1.82, 2.24) is 5.32 Å². The molecule has 8 heteroatoms. The highest BCUT2D eigenvalue weighted by molar-refractivity contribution is 5.79. The van der Waals surface area contributed by atoms with E-state index in [-0.39, 0.29) is 31.8 Å². The third-order valence-corrected chi connectivity index (χ3v) is 5.16. The second-order valence-corrected chi connectivity index (χ2v) is 7.20. The van der Waals surface area contributed by atoms with E-state index in [1.54, 1.807) is 0 Å². The van der Waals surface area contributed by atoms with E-state index in [9.17, 15) is 22.8 Å². The molecule has 3 rings (SSSR count). The van der Waals surface area contributed by atoms with Gasteiger partial charge in [0.25, 0.3) is 0 Å². The third kappa shape index (κ3) is 5.11. The van der Waals surface area contributed by atoms with Crippen molar-refractivity contribution >= 4 is 12.1 Å². The molecule has 1 unspecified atom stereocenters. The van der Waals surface area contributed by atoms with Crippen molar-refractivity contribution < 1.29 is 32.6 Å². The van der Waals surface area contributed by atoms with E-state index in [0.29, 0.717) is 0 Å². The molecule has 0 saturated heterocycles. The predicted molar refractivity (Wildman–Crippen MR) is 104 cm³/mol. The summed E-state index contributed by atoms with van der Waals surface area (Å²) in [5.74, 6) is -1.31. The van der Waals surface area contributed by atoms with E-state index >= 15 is 0 Å². The Morgan fingerprint density at radius 2 is 1.57 bits per heavy atom. The molecule has 1 amide bonds. The van der Waals surface area contributed by atoms with Gasteiger partial charge in [-0.1, -0.05) is 55.0 Å². The minimum absolute atomic E-state index is 0.0279. The number of hydrogen-bond donors (Lipinski definition) is 2. The Kier molecular flexibility index (Phi) is 6.64.